The van der Waals surface area contributed by atoms with Crippen molar-refractivity contribution >= 4 is 28.6 Å². The van der Waals surface area contributed by atoms with E-state index in [2.05, 4.69) is 15.3 Å². The summed E-state index contributed by atoms with van der Waals surface area (Å²) in [6, 6.07) is 5.77. The van der Waals surface area contributed by atoms with E-state index in [9.17, 15) is 14.0 Å². The van der Waals surface area contributed by atoms with Gasteiger partial charge in [-0.1, -0.05) is 23.9 Å². The molecule has 2 aliphatic heterocycles. The minimum atomic E-state index is -0.582. The number of fused-ring (bicyclic) bond motifs is 1. The predicted molar refractivity (Wildman–Crippen MR) is 85.6 cm³/mol. The molecule has 0 saturated heterocycles. The minimum Gasteiger partial charge on any atom is -0.369 e. The molecule has 0 spiro atoms. The average Bonchev–Trinajstić information content (AvgIpc) is 2.87. The van der Waals surface area contributed by atoms with Gasteiger partial charge in [0.1, 0.15) is 11.6 Å². The van der Waals surface area contributed by atoms with E-state index < -0.39 is 11.5 Å². The minimum absolute atomic E-state index is 0.000123. The fourth-order valence-electron chi connectivity index (χ4n) is 2.95. The van der Waals surface area contributed by atoms with Gasteiger partial charge in [0.2, 0.25) is 11.1 Å². The Labute approximate surface area is 134 Å². The van der Waals surface area contributed by atoms with Crippen molar-refractivity contribution in [3.05, 3.63) is 62.8 Å². The molecular weight excluding hydrogens is 319 g/mol. The second-order valence-corrected chi connectivity index (χ2v) is 6.24. The molecule has 1 aromatic carbocycles. The van der Waals surface area contributed by atoms with Gasteiger partial charge < -0.3 is 11.1 Å². The average molecular weight is 330 g/mol. The third-order valence-electron chi connectivity index (χ3n) is 3.92. The van der Waals surface area contributed by atoms with Crippen molar-refractivity contribution in [1.29, 1.82) is 0 Å². The molecule has 6 nitrogen and oxygen atoms in total. The number of benzene rings is 1. The third-order valence-corrected chi connectivity index (χ3v) is 4.83. The van der Waals surface area contributed by atoms with E-state index in [1.54, 1.807) is 12.1 Å². The Balaban J connectivity index is 1.99. The van der Waals surface area contributed by atoms with Crippen molar-refractivity contribution in [3.63, 3.8) is 0 Å². The van der Waals surface area contributed by atoms with Gasteiger partial charge in [-0.25, -0.2) is 4.39 Å². The molecule has 0 radical (unpaired) electrons. The van der Waals surface area contributed by atoms with Crippen LogP contribution in [0.1, 0.15) is 17.0 Å². The summed E-state index contributed by atoms with van der Waals surface area (Å²) in [5.74, 6) is -0.135. The number of anilines is 2. The van der Waals surface area contributed by atoms with Crippen LogP contribution >= 0.6 is 11.8 Å². The van der Waals surface area contributed by atoms with E-state index in [0.29, 0.717) is 28.3 Å². The van der Waals surface area contributed by atoms with Crippen LogP contribution in [0, 0.1) is 5.82 Å². The first kappa shape index (κ1) is 14.0. The Hall–Kier alpha value is -2.61. The van der Waals surface area contributed by atoms with Gasteiger partial charge in [0.15, 0.2) is 0 Å². The molecule has 116 valence electrons. The molecule has 8 heteroatoms. The number of nitrogen functional groups attached to an aromatic ring is 1. The molecule has 1 unspecified atom stereocenters. The summed E-state index contributed by atoms with van der Waals surface area (Å²) in [4.78, 5) is 31.3. The quantitative estimate of drug-likeness (QED) is 0.734. The summed E-state index contributed by atoms with van der Waals surface area (Å²) in [6.07, 6.45) is 0. The second kappa shape index (κ2) is 4.95. The van der Waals surface area contributed by atoms with Crippen LogP contribution in [0.3, 0.4) is 0 Å². The van der Waals surface area contributed by atoms with Crippen molar-refractivity contribution in [2.45, 2.75) is 5.92 Å². The van der Waals surface area contributed by atoms with Crippen molar-refractivity contribution < 1.29 is 9.18 Å². The number of rotatable bonds is 1. The van der Waals surface area contributed by atoms with Crippen molar-refractivity contribution in [3.8, 4) is 0 Å². The lowest BCUT2D eigenvalue weighted by Gasteiger charge is -2.26. The zero-order valence-corrected chi connectivity index (χ0v) is 12.5. The molecule has 0 saturated carbocycles. The van der Waals surface area contributed by atoms with Gasteiger partial charge in [0.25, 0.3) is 5.56 Å². The molecule has 0 fully saturated rings. The lowest BCUT2D eigenvalue weighted by Crippen LogP contribution is -2.29. The molecule has 0 aliphatic carbocycles. The van der Waals surface area contributed by atoms with Crippen LogP contribution in [-0.2, 0) is 4.79 Å². The Kier molecular flexibility index (Phi) is 3.02. The number of aromatic amines is 1. The Morgan fingerprint density at radius 1 is 1.26 bits per heavy atom. The molecule has 4 rings (SSSR count). The van der Waals surface area contributed by atoms with Crippen molar-refractivity contribution in [2.75, 3.05) is 16.8 Å². The molecule has 1 aromatic heterocycles. The van der Waals surface area contributed by atoms with Crippen LogP contribution in [0.4, 0.5) is 16.2 Å². The molecule has 23 heavy (non-hydrogen) atoms. The molecule has 2 aliphatic rings. The van der Waals surface area contributed by atoms with Crippen LogP contribution in [0.15, 0.2) is 40.3 Å². The monoisotopic (exact) mass is 330 g/mol. The SMILES string of the molecule is Nc1nc2c(c(=O)[nH]1)C(c1ccc(F)cc1)C1=C(CSC1=O)N2. The first-order valence-electron chi connectivity index (χ1n) is 6.87. The van der Waals surface area contributed by atoms with E-state index in [0.717, 1.165) is 17.5 Å². The Bertz CT molecular complexity index is 920. The van der Waals surface area contributed by atoms with Crippen LogP contribution in [0.25, 0.3) is 0 Å². The number of halogens is 1. The number of thioether (sulfide) groups is 1. The molecule has 0 bridgehead atoms. The van der Waals surface area contributed by atoms with E-state index >= 15 is 0 Å². The first-order chi connectivity index (χ1) is 11.0. The van der Waals surface area contributed by atoms with Gasteiger partial charge in [-0.05, 0) is 17.7 Å². The first-order valence-corrected chi connectivity index (χ1v) is 7.85. The fraction of sp³-hybridized carbons (Fsp3) is 0.133. The number of nitrogens with one attached hydrogen (secondary N) is 2. The van der Waals surface area contributed by atoms with Crippen LogP contribution in [-0.4, -0.2) is 20.8 Å². The largest absolute Gasteiger partial charge is 0.369 e. The van der Waals surface area contributed by atoms with Gasteiger partial charge >= 0.3 is 0 Å². The number of nitrogens with zero attached hydrogens (tertiary/aromatic N) is 1. The molecule has 0 amide bonds. The van der Waals surface area contributed by atoms with Crippen LogP contribution < -0.4 is 16.6 Å². The molecule has 3 heterocycles. The number of H-pyrrole nitrogens is 1. The number of carbonyl (C=O) groups excluding carboxylic acids is 1. The van der Waals surface area contributed by atoms with E-state index in [1.165, 1.54) is 12.1 Å². The number of hydrogen-bond acceptors (Lipinski definition) is 6. The summed E-state index contributed by atoms with van der Waals surface area (Å²) in [5.41, 5.74) is 7.42. The van der Waals surface area contributed by atoms with Gasteiger partial charge in [0.05, 0.1) is 5.56 Å². The maximum atomic E-state index is 13.2. The fourth-order valence-corrected chi connectivity index (χ4v) is 3.85. The molecule has 2 aromatic rings. The van der Waals surface area contributed by atoms with E-state index in [4.69, 9.17) is 5.73 Å². The smallest absolute Gasteiger partial charge is 0.258 e. The van der Waals surface area contributed by atoms with Crippen LogP contribution in [0.5, 0.6) is 0 Å². The number of hydrogen-bond donors (Lipinski definition) is 3. The van der Waals surface area contributed by atoms with Crippen LogP contribution in [0.2, 0.25) is 0 Å². The van der Waals surface area contributed by atoms with Gasteiger partial charge in [-0.3, -0.25) is 14.6 Å². The summed E-state index contributed by atoms with van der Waals surface area (Å²) in [7, 11) is 0. The Morgan fingerprint density at radius 3 is 2.74 bits per heavy atom. The Morgan fingerprint density at radius 2 is 2.00 bits per heavy atom. The highest BCUT2D eigenvalue weighted by Crippen LogP contribution is 2.45. The van der Waals surface area contributed by atoms with Crippen molar-refractivity contribution in [2.24, 2.45) is 0 Å². The summed E-state index contributed by atoms with van der Waals surface area (Å²) in [6.45, 7) is 0. The maximum absolute atomic E-state index is 13.2. The van der Waals surface area contributed by atoms with Gasteiger partial charge in [-0.15, -0.1) is 0 Å². The van der Waals surface area contributed by atoms with E-state index in [1.807, 2.05) is 0 Å². The molecular formula is C15H11FN4O2S. The normalized spacial score (nSPS) is 19.3. The highest BCUT2D eigenvalue weighted by molar-refractivity contribution is 8.14. The second-order valence-electron chi connectivity index (χ2n) is 5.29. The number of aromatic nitrogens is 2. The molecule has 4 N–H and O–H groups in total. The number of carbonyl (C=O) groups is 1. The predicted octanol–water partition coefficient (Wildman–Crippen LogP) is 1.58. The standard InChI is InChI=1S/C15H11FN4O2S/c16-7-3-1-6(2-4-7)9-10-8(5-23-14(10)22)18-12-11(9)13(21)20-15(17)19-12/h1-4,9H,5H2,(H4,17,18,19,20,21). The highest BCUT2D eigenvalue weighted by Gasteiger charge is 2.39. The topological polar surface area (TPSA) is 101 Å². The maximum Gasteiger partial charge on any atom is 0.258 e. The lowest BCUT2D eigenvalue weighted by atomic mass is 9.83. The summed E-state index contributed by atoms with van der Waals surface area (Å²) >= 11 is 1.16. The summed E-state index contributed by atoms with van der Waals surface area (Å²) < 4.78 is 13.2. The zero-order chi connectivity index (χ0) is 16.1. The van der Waals surface area contributed by atoms with E-state index in [-0.39, 0.29) is 16.9 Å². The summed E-state index contributed by atoms with van der Waals surface area (Å²) in [5, 5.41) is 2.94. The zero-order valence-electron chi connectivity index (χ0n) is 11.7. The van der Waals surface area contributed by atoms with Crippen molar-refractivity contribution in [1.82, 2.24) is 9.97 Å². The lowest BCUT2D eigenvalue weighted by molar-refractivity contribution is -0.107. The highest BCUT2D eigenvalue weighted by atomic mass is 32.2. The van der Waals surface area contributed by atoms with Gasteiger partial charge in [0, 0.05) is 22.9 Å². The molecule has 1 atom stereocenters. The number of nitrogens with two attached hydrogens (primary N) is 1. The van der Waals surface area contributed by atoms with Gasteiger partial charge in [-0.2, -0.15) is 4.98 Å². The third kappa shape index (κ3) is 2.14.